The van der Waals surface area contributed by atoms with Gasteiger partial charge in [0.2, 0.25) is 5.91 Å². The van der Waals surface area contributed by atoms with E-state index in [-0.39, 0.29) is 24.3 Å². The molecule has 2 N–H and O–H groups in total. The van der Waals surface area contributed by atoms with Gasteiger partial charge in [0.1, 0.15) is 11.9 Å². The first-order valence-corrected chi connectivity index (χ1v) is 9.21. The second-order valence-corrected chi connectivity index (χ2v) is 7.52. The summed E-state index contributed by atoms with van der Waals surface area (Å²) in [6.07, 6.45) is 4.13. The minimum absolute atomic E-state index is 0.0327. The van der Waals surface area contributed by atoms with Crippen LogP contribution in [-0.4, -0.2) is 45.5 Å². The van der Waals surface area contributed by atoms with Crippen molar-refractivity contribution in [3.8, 4) is 0 Å². The Morgan fingerprint density at radius 1 is 1.38 bits per heavy atom. The lowest BCUT2D eigenvalue weighted by molar-refractivity contribution is -0.143. The Hall–Kier alpha value is -2.32. The van der Waals surface area contributed by atoms with Crippen LogP contribution in [0, 0.1) is 5.82 Å². The number of thiazole rings is 1. The molecule has 0 radical (unpaired) electrons. The molecule has 6 nitrogen and oxygen atoms in total. The number of hydrogen-bond acceptors (Lipinski definition) is 5. The summed E-state index contributed by atoms with van der Waals surface area (Å²) in [6, 6.07) is 5.72. The molecule has 1 aliphatic carbocycles. The van der Waals surface area contributed by atoms with E-state index in [1.54, 1.807) is 30.2 Å². The summed E-state index contributed by atoms with van der Waals surface area (Å²) in [7, 11) is 0. The molecule has 1 amide bonds. The number of carboxylic acid groups (broad SMARTS) is 1. The van der Waals surface area contributed by atoms with E-state index in [2.05, 4.69) is 10.3 Å². The predicted molar refractivity (Wildman–Crippen MR) is 96.8 cm³/mol. The van der Waals surface area contributed by atoms with Gasteiger partial charge in [-0.25, -0.2) is 9.37 Å². The molecule has 2 aromatic rings. The van der Waals surface area contributed by atoms with Crippen LogP contribution in [0.2, 0.25) is 0 Å². The van der Waals surface area contributed by atoms with Crippen LogP contribution in [0.5, 0.6) is 0 Å². The number of nitrogens with zero attached hydrogens (tertiary/aromatic N) is 2. The zero-order valence-corrected chi connectivity index (χ0v) is 15.1. The molecule has 26 heavy (non-hydrogen) atoms. The van der Waals surface area contributed by atoms with Gasteiger partial charge < -0.3 is 10.4 Å². The molecule has 138 valence electrons. The fourth-order valence-corrected chi connectivity index (χ4v) is 3.57. The smallest absolute Gasteiger partial charge is 0.320 e. The number of carbonyl (C=O) groups is 2. The maximum absolute atomic E-state index is 12.9. The van der Waals surface area contributed by atoms with Crippen molar-refractivity contribution in [2.75, 3.05) is 11.9 Å². The Balaban J connectivity index is 1.56. The lowest BCUT2D eigenvalue weighted by atomic mass is 10.1. The third kappa shape index (κ3) is 4.86. The fourth-order valence-electron chi connectivity index (χ4n) is 2.71. The standard InChI is InChI=1S/C18H20FN3O3S/c1-11(17(24)25)22(14-6-7-14)10-16(23)21-18-20-9-15(26-18)8-12-2-4-13(19)5-3-12/h2-5,9,11,14H,6-8,10H2,1H3,(H,24,25)(H,20,21,23). The first kappa shape index (κ1) is 18.5. The molecule has 8 heteroatoms. The Morgan fingerprint density at radius 2 is 2.08 bits per heavy atom. The highest BCUT2D eigenvalue weighted by Crippen LogP contribution is 2.29. The first-order chi connectivity index (χ1) is 12.4. The van der Waals surface area contributed by atoms with Gasteiger partial charge in [-0.05, 0) is 37.5 Å². The number of hydrogen-bond donors (Lipinski definition) is 2. The van der Waals surface area contributed by atoms with Crippen LogP contribution in [0.4, 0.5) is 9.52 Å². The molecular weight excluding hydrogens is 357 g/mol. The molecule has 0 spiro atoms. The summed E-state index contributed by atoms with van der Waals surface area (Å²) in [4.78, 5) is 30.3. The van der Waals surface area contributed by atoms with Gasteiger partial charge in [0.05, 0.1) is 6.54 Å². The molecule has 3 rings (SSSR count). The van der Waals surface area contributed by atoms with Gasteiger partial charge in [0, 0.05) is 23.5 Å². The maximum Gasteiger partial charge on any atom is 0.320 e. The van der Waals surface area contributed by atoms with Gasteiger partial charge in [-0.15, -0.1) is 11.3 Å². The van der Waals surface area contributed by atoms with E-state index >= 15 is 0 Å². The van der Waals surface area contributed by atoms with Gasteiger partial charge >= 0.3 is 5.97 Å². The number of carbonyl (C=O) groups excluding carboxylic acids is 1. The number of halogens is 1. The van der Waals surface area contributed by atoms with Crippen molar-refractivity contribution >= 4 is 28.3 Å². The van der Waals surface area contributed by atoms with Crippen LogP contribution >= 0.6 is 11.3 Å². The second kappa shape index (κ2) is 7.92. The lowest BCUT2D eigenvalue weighted by Crippen LogP contribution is -2.44. The Morgan fingerprint density at radius 3 is 2.69 bits per heavy atom. The third-order valence-electron chi connectivity index (χ3n) is 4.29. The highest BCUT2D eigenvalue weighted by Gasteiger charge is 2.36. The highest BCUT2D eigenvalue weighted by molar-refractivity contribution is 7.15. The molecule has 1 saturated carbocycles. The van der Waals surface area contributed by atoms with Crippen LogP contribution in [-0.2, 0) is 16.0 Å². The average Bonchev–Trinajstić information content (AvgIpc) is 3.35. The van der Waals surface area contributed by atoms with Crippen molar-refractivity contribution < 1.29 is 19.1 Å². The van der Waals surface area contributed by atoms with Crippen molar-refractivity contribution in [1.82, 2.24) is 9.88 Å². The van der Waals surface area contributed by atoms with E-state index in [9.17, 15) is 19.1 Å². The first-order valence-electron chi connectivity index (χ1n) is 8.40. The van der Waals surface area contributed by atoms with Gasteiger partial charge in [-0.3, -0.25) is 14.5 Å². The molecular formula is C18H20FN3O3S. The summed E-state index contributed by atoms with van der Waals surface area (Å²) in [5.41, 5.74) is 0.961. The number of benzene rings is 1. The molecule has 0 saturated heterocycles. The minimum atomic E-state index is -0.930. The average molecular weight is 377 g/mol. The summed E-state index contributed by atoms with van der Waals surface area (Å²) in [5.74, 6) is -1.48. The molecule has 1 aliphatic rings. The summed E-state index contributed by atoms with van der Waals surface area (Å²) >= 11 is 1.35. The van der Waals surface area contributed by atoms with E-state index in [1.165, 1.54) is 23.5 Å². The van der Waals surface area contributed by atoms with Crippen LogP contribution in [0.15, 0.2) is 30.5 Å². The molecule has 1 heterocycles. The zero-order valence-electron chi connectivity index (χ0n) is 14.3. The van der Waals surface area contributed by atoms with Gasteiger partial charge in [0.15, 0.2) is 5.13 Å². The zero-order chi connectivity index (χ0) is 18.7. The molecule has 1 aromatic heterocycles. The number of nitrogens with one attached hydrogen (secondary N) is 1. The van der Waals surface area contributed by atoms with E-state index in [4.69, 9.17) is 0 Å². The summed E-state index contributed by atoms with van der Waals surface area (Å²) in [6.45, 7) is 1.63. The minimum Gasteiger partial charge on any atom is -0.480 e. The molecule has 0 aliphatic heterocycles. The Bertz CT molecular complexity index is 789. The Labute approximate surface area is 154 Å². The van der Waals surface area contributed by atoms with E-state index in [0.717, 1.165) is 23.3 Å². The van der Waals surface area contributed by atoms with Crippen LogP contribution in [0.1, 0.15) is 30.2 Å². The molecule has 1 atom stereocenters. The van der Waals surface area contributed by atoms with Crippen LogP contribution in [0.25, 0.3) is 0 Å². The predicted octanol–water partition coefficient (Wildman–Crippen LogP) is 2.75. The third-order valence-corrected chi connectivity index (χ3v) is 5.20. The van der Waals surface area contributed by atoms with Gasteiger partial charge in [0.25, 0.3) is 0 Å². The van der Waals surface area contributed by atoms with E-state index in [1.807, 2.05) is 0 Å². The highest BCUT2D eigenvalue weighted by atomic mass is 32.1. The van der Waals surface area contributed by atoms with Crippen LogP contribution < -0.4 is 5.32 Å². The Kier molecular flexibility index (Phi) is 5.63. The maximum atomic E-state index is 12.9. The lowest BCUT2D eigenvalue weighted by Gasteiger charge is -2.25. The number of aromatic nitrogens is 1. The fraction of sp³-hybridized carbons (Fsp3) is 0.389. The molecule has 1 fully saturated rings. The summed E-state index contributed by atoms with van der Waals surface area (Å²) in [5, 5.41) is 12.4. The SMILES string of the molecule is CC(C(=O)O)N(CC(=O)Nc1ncc(Cc2ccc(F)cc2)s1)C1CC1. The summed E-state index contributed by atoms with van der Waals surface area (Å²) < 4.78 is 12.9. The quantitative estimate of drug-likeness (QED) is 0.739. The normalized spacial score (nSPS) is 15.0. The van der Waals surface area contributed by atoms with Crippen molar-refractivity contribution in [3.63, 3.8) is 0 Å². The monoisotopic (exact) mass is 377 g/mol. The number of amides is 1. The molecule has 1 unspecified atom stereocenters. The van der Waals surface area contributed by atoms with Crippen molar-refractivity contribution in [3.05, 3.63) is 46.7 Å². The van der Waals surface area contributed by atoms with E-state index in [0.29, 0.717) is 11.6 Å². The largest absolute Gasteiger partial charge is 0.480 e. The molecule has 1 aromatic carbocycles. The number of rotatable bonds is 8. The number of aliphatic carboxylic acids is 1. The van der Waals surface area contributed by atoms with Gasteiger partial charge in [-0.1, -0.05) is 12.1 Å². The number of carboxylic acids is 1. The van der Waals surface area contributed by atoms with Crippen LogP contribution in [0.3, 0.4) is 0 Å². The molecule has 0 bridgehead atoms. The van der Waals surface area contributed by atoms with Crippen molar-refractivity contribution in [1.29, 1.82) is 0 Å². The second-order valence-electron chi connectivity index (χ2n) is 6.40. The number of anilines is 1. The van der Waals surface area contributed by atoms with E-state index < -0.39 is 12.0 Å². The van der Waals surface area contributed by atoms with Crippen molar-refractivity contribution in [2.45, 2.75) is 38.3 Å². The van der Waals surface area contributed by atoms with Crippen molar-refractivity contribution in [2.24, 2.45) is 0 Å². The topological polar surface area (TPSA) is 82.5 Å². The van der Waals surface area contributed by atoms with Gasteiger partial charge in [-0.2, -0.15) is 0 Å².